The molecule has 0 fully saturated rings. The molecule has 0 unspecified atom stereocenters. The van der Waals surface area contributed by atoms with Crippen LogP contribution in [0.1, 0.15) is 5.56 Å². The second-order valence-corrected chi connectivity index (χ2v) is 4.31. The predicted octanol–water partition coefficient (Wildman–Crippen LogP) is 1.45. The van der Waals surface area contributed by atoms with Crippen LogP contribution in [0.4, 0.5) is 5.69 Å². The summed E-state index contributed by atoms with van der Waals surface area (Å²) in [5.41, 5.74) is 1.84. The molecule has 0 aliphatic heterocycles. The van der Waals surface area contributed by atoms with Crippen molar-refractivity contribution in [2.24, 2.45) is 0 Å². The van der Waals surface area contributed by atoms with E-state index in [1.165, 1.54) is 0 Å². The molecule has 2 N–H and O–H groups in total. The number of ether oxygens (including phenoxy) is 1. The minimum atomic E-state index is -0.335. The van der Waals surface area contributed by atoms with Gasteiger partial charge in [-0.05, 0) is 24.6 Å². The van der Waals surface area contributed by atoms with E-state index in [2.05, 4.69) is 0 Å². The van der Waals surface area contributed by atoms with Crippen LogP contribution in [0, 0.1) is 6.92 Å². The molecule has 4 nitrogen and oxygen atoms in total. The lowest BCUT2D eigenvalue weighted by Gasteiger charge is -2.28. The Morgan fingerprint density at radius 1 is 1.35 bits per heavy atom. The molecule has 0 spiro atoms. The van der Waals surface area contributed by atoms with Crippen LogP contribution in [0.3, 0.4) is 0 Å². The van der Waals surface area contributed by atoms with Crippen LogP contribution >= 0.6 is 11.6 Å². The molecular weight excluding hydrogens is 242 g/mol. The van der Waals surface area contributed by atoms with Gasteiger partial charge in [0.05, 0.1) is 31.4 Å². The van der Waals surface area contributed by atoms with Gasteiger partial charge < -0.3 is 19.8 Å². The summed E-state index contributed by atoms with van der Waals surface area (Å²) in [6.45, 7) is 1.70. The van der Waals surface area contributed by atoms with Crippen molar-refractivity contribution in [2.75, 3.05) is 32.3 Å². The van der Waals surface area contributed by atoms with Crippen molar-refractivity contribution >= 4 is 17.3 Å². The van der Waals surface area contributed by atoms with Crippen molar-refractivity contribution in [3.63, 3.8) is 0 Å². The molecule has 0 amide bonds. The molecule has 0 heterocycles. The number of aliphatic hydroxyl groups excluding tert-OH is 2. The fourth-order valence-electron chi connectivity index (χ4n) is 1.68. The standard InChI is InChI=1S/C12H18ClNO3/c1-8-4-12(17-3)10(13)5-11(8)14(2)9(6-15)7-16/h4-5,9,15-16H,6-7H2,1-3H3. The minimum Gasteiger partial charge on any atom is -0.495 e. The molecule has 1 aromatic rings. The number of hydrogen-bond donors (Lipinski definition) is 2. The highest BCUT2D eigenvalue weighted by molar-refractivity contribution is 6.32. The maximum Gasteiger partial charge on any atom is 0.137 e. The first kappa shape index (κ1) is 14.1. The van der Waals surface area contributed by atoms with Crippen molar-refractivity contribution in [3.8, 4) is 5.75 Å². The molecule has 0 aliphatic carbocycles. The highest BCUT2D eigenvalue weighted by Crippen LogP contribution is 2.32. The maximum atomic E-state index is 9.16. The zero-order chi connectivity index (χ0) is 13.0. The van der Waals surface area contributed by atoms with E-state index in [0.29, 0.717) is 10.8 Å². The Morgan fingerprint density at radius 2 is 1.94 bits per heavy atom. The van der Waals surface area contributed by atoms with Gasteiger partial charge in [-0.2, -0.15) is 0 Å². The van der Waals surface area contributed by atoms with E-state index in [1.807, 2.05) is 20.0 Å². The number of aryl methyl sites for hydroxylation is 1. The maximum absolute atomic E-state index is 9.16. The van der Waals surface area contributed by atoms with Gasteiger partial charge in [-0.25, -0.2) is 0 Å². The Balaban J connectivity index is 3.09. The first-order valence-electron chi connectivity index (χ1n) is 5.33. The summed E-state index contributed by atoms with van der Waals surface area (Å²) in [5.74, 6) is 0.617. The van der Waals surface area contributed by atoms with Crippen molar-refractivity contribution in [1.82, 2.24) is 0 Å². The monoisotopic (exact) mass is 259 g/mol. The predicted molar refractivity (Wildman–Crippen MR) is 69.1 cm³/mol. The van der Waals surface area contributed by atoms with Gasteiger partial charge in [0.2, 0.25) is 0 Å². The second kappa shape index (κ2) is 6.10. The fraction of sp³-hybridized carbons (Fsp3) is 0.500. The Kier molecular flexibility index (Phi) is 5.05. The van der Waals surface area contributed by atoms with Gasteiger partial charge in [0.1, 0.15) is 5.75 Å². The summed E-state index contributed by atoms with van der Waals surface area (Å²) >= 11 is 6.06. The number of methoxy groups -OCH3 is 1. The topological polar surface area (TPSA) is 52.9 Å². The largest absolute Gasteiger partial charge is 0.495 e. The Morgan fingerprint density at radius 3 is 2.41 bits per heavy atom. The number of likely N-dealkylation sites (N-methyl/N-ethyl adjacent to an activating group) is 1. The van der Waals surface area contributed by atoms with E-state index in [0.717, 1.165) is 11.3 Å². The molecular formula is C12H18ClNO3. The zero-order valence-corrected chi connectivity index (χ0v) is 11.0. The Hall–Kier alpha value is -0.970. The SMILES string of the molecule is COc1cc(C)c(N(C)C(CO)CO)cc1Cl. The van der Waals surface area contributed by atoms with Crippen molar-refractivity contribution in [2.45, 2.75) is 13.0 Å². The number of halogens is 1. The van der Waals surface area contributed by atoms with Gasteiger partial charge in [-0.15, -0.1) is 0 Å². The van der Waals surface area contributed by atoms with E-state index >= 15 is 0 Å². The molecule has 0 radical (unpaired) electrons. The van der Waals surface area contributed by atoms with Crippen LogP contribution in [0.2, 0.25) is 5.02 Å². The van der Waals surface area contributed by atoms with Crippen LogP contribution < -0.4 is 9.64 Å². The van der Waals surface area contributed by atoms with E-state index in [4.69, 9.17) is 26.6 Å². The molecule has 96 valence electrons. The average Bonchev–Trinajstić information content (AvgIpc) is 2.32. The smallest absolute Gasteiger partial charge is 0.137 e. The van der Waals surface area contributed by atoms with Crippen molar-refractivity contribution in [3.05, 3.63) is 22.7 Å². The number of anilines is 1. The number of hydrogen-bond acceptors (Lipinski definition) is 4. The van der Waals surface area contributed by atoms with Crippen LogP contribution in [0.15, 0.2) is 12.1 Å². The summed E-state index contributed by atoms with van der Waals surface area (Å²) in [4.78, 5) is 1.81. The van der Waals surface area contributed by atoms with Gasteiger partial charge in [-0.3, -0.25) is 0 Å². The van der Waals surface area contributed by atoms with E-state index in [1.54, 1.807) is 18.1 Å². The molecule has 0 atom stereocenters. The van der Waals surface area contributed by atoms with Gasteiger partial charge >= 0.3 is 0 Å². The quantitative estimate of drug-likeness (QED) is 0.840. The lowest BCUT2D eigenvalue weighted by molar-refractivity contribution is 0.190. The van der Waals surface area contributed by atoms with Crippen molar-refractivity contribution < 1.29 is 14.9 Å². The van der Waals surface area contributed by atoms with E-state index < -0.39 is 0 Å². The summed E-state index contributed by atoms with van der Waals surface area (Å²) < 4.78 is 5.12. The molecule has 5 heteroatoms. The summed E-state index contributed by atoms with van der Waals surface area (Å²) in [6, 6.07) is 3.27. The van der Waals surface area contributed by atoms with Gasteiger partial charge in [0.25, 0.3) is 0 Å². The van der Waals surface area contributed by atoms with Crippen LogP contribution in [-0.4, -0.2) is 43.6 Å². The molecule has 0 aromatic heterocycles. The number of nitrogens with zero attached hydrogens (tertiary/aromatic N) is 1. The summed E-state index contributed by atoms with van der Waals surface area (Å²) in [6.07, 6.45) is 0. The number of benzene rings is 1. The average molecular weight is 260 g/mol. The molecule has 1 rings (SSSR count). The lowest BCUT2D eigenvalue weighted by Crippen LogP contribution is -2.38. The van der Waals surface area contributed by atoms with Crippen LogP contribution in [-0.2, 0) is 0 Å². The molecule has 17 heavy (non-hydrogen) atoms. The van der Waals surface area contributed by atoms with Crippen molar-refractivity contribution in [1.29, 1.82) is 0 Å². The first-order valence-corrected chi connectivity index (χ1v) is 5.71. The third-order valence-electron chi connectivity index (χ3n) is 2.82. The lowest BCUT2D eigenvalue weighted by atomic mass is 10.1. The molecule has 0 bridgehead atoms. The molecule has 1 aromatic carbocycles. The highest BCUT2D eigenvalue weighted by atomic mass is 35.5. The number of aliphatic hydroxyl groups is 2. The normalized spacial score (nSPS) is 10.8. The highest BCUT2D eigenvalue weighted by Gasteiger charge is 2.16. The zero-order valence-electron chi connectivity index (χ0n) is 10.3. The second-order valence-electron chi connectivity index (χ2n) is 3.90. The fourth-order valence-corrected chi connectivity index (χ4v) is 1.92. The summed E-state index contributed by atoms with van der Waals surface area (Å²) in [5, 5.41) is 18.8. The van der Waals surface area contributed by atoms with Gasteiger partial charge in [0, 0.05) is 12.7 Å². The van der Waals surface area contributed by atoms with Crippen LogP contribution in [0.25, 0.3) is 0 Å². The molecule has 0 saturated carbocycles. The third-order valence-corrected chi connectivity index (χ3v) is 3.11. The van der Waals surface area contributed by atoms with E-state index in [9.17, 15) is 0 Å². The number of rotatable bonds is 5. The third kappa shape index (κ3) is 3.03. The molecule has 0 saturated heterocycles. The van der Waals surface area contributed by atoms with E-state index in [-0.39, 0.29) is 19.3 Å². The van der Waals surface area contributed by atoms with Gasteiger partial charge in [-0.1, -0.05) is 11.6 Å². The first-order chi connectivity index (χ1) is 8.04. The Labute approximate surface area is 106 Å². The molecule has 0 aliphatic rings. The van der Waals surface area contributed by atoms with Gasteiger partial charge in [0.15, 0.2) is 0 Å². The minimum absolute atomic E-state index is 0.115. The van der Waals surface area contributed by atoms with Crippen LogP contribution in [0.5, 0.6) is 5.75 Å². The summed E-state index contributed by atoms with van der Waals surface area (Å²) in [7, 11) is 3.37. The Bertz CT molecular complexity index is 380.